The monoisotopic (exact) mass is 368 g/mol. The zero-order valence-corrected chi connectivity index (χ0v) is 14.6. The summed E-state index contributed by atoms with van der Waals surface area (Å²) >= 11 is 0. The number of nitrogens with zero attached hydrogens (tertiary/aromatic N) is 1. The van der Waals surface area contributed by atoms with E-state index in [2.05, 4.69) is 10.3 Å². The number of ether oxygens (including phenoxy) is 2. The van der Waals surface area contributed by atoms with Crippen LogP contribution < -0.4 is 10.1 Å². The number of amides is 1. The number of carbonyl (C=O) groups is 1. The van der Waals surface area contributed by atoms with Crippen LogP contribution in [0.1, 0.15) is 25.0 Å². The van der Waals surface area contributed by atoms with Crippen molar-refractivity contribution < 1.29 is 27.4 Å². The Morgan fingerprint density at radius 1 is 1.19 bits per heavy atom. The summed E-state index contributed by atoms with van der Waals surface area (Å²) in [6, 6.07) is 7.81. The van der Waals surface area contributed by atoms with Gasteiger partial charge in [-0.3, -0.25) is 4.79 Å². The summed E-state index contributed by atoms with van der Waals surface area (Å²) in [6.07, 6.45) is -3.01. The molecule has 2 aromatic rings. The maximum Gasteiger partial charge on any atom is 0.416 e. The molecule has 2 rings (SSSR count). The van der Waals surface area contributed by atoms with E-state index < -0.39 is 17.3 Å². The molecule has 0 radical (unpaired) electrons. The summed E-state index contributed by atoms with van der Waals surface area (Å²) in [5, 5.41) is 2.69. The quantitative estimate of drug-likeness (QED) is 0.839. The van der Waals surface area contributed by atoms with Gasteiger partial charge in [-0.15, -0.1) is 0 Å². The average molecular weight is 368 g/mol. The highest BCUT2D eigenvalue weighted by atomic mass is 19.4. The van der Waals surface area contributed by atoms with Crippen LogP contribution in [0, 0.1) is 0 Å². The fourth-order valence-corrected chi connectivity index (χ4v) is 1.98. The van der Waals surface area contributed by atoms with Gasteiger partial charge in [0.15, 0.2) is 0 Å². The number of rotatable bonds is 6. The van der Waals surface area contributed by atoms with Crippen LogP contribution in [0.5, 0.6) is 11.6 Å². The number of hydrogen-bond donors (Lipinski definition) is 1. The van der Waals surface area contributed by atoms with Crippen molar-refractivity contribution in [2.45, 2.75) is 32.2 Å². The molecule has 0 atom stereocenters. The van der Waals surface area contributed by atoms with Gasteiger partial charge in [-0.2, -0.15) is 13.2 Å². The minimum Gasteiger partial charge on any atom is -0.439 e. The number of halogens is 3. The molecule has 0 saturated heterocycles. The highest BCUT2D eigenvalue weighted by Crippen LogP contribution is 2.32. The Morgan fingerprint density at radius 2 is 1.92 bits per heavy atom. The van der Waals surface area contributed by atoms with E-state index in [4.69, 9.17) is 9.47 Å². The molecule has 26 heavy (non-hydrogen) atoms. The lowest BCUT2D eigenvalue weighted by Gasteiger charge is -2.22. The highest BCUT2D eigenvalue weighted by molar-refractivity contribution is 5.84. The highest BCUT2D eigenvalue weighted by Gasteiger charge is 2.31. The molecular weight excluding hydrogens is 349 g/mol. The SMILES string of the molecule is COC(C)(C)C(=O)NCc1cccnc1Oc1cccc(C(F)(F)F)c1. The molecule has 0 bridgehead atoms. The molecule has 0 spiro atoms. The molecule has 5 nitrogen and oxygen atoms in total. The number of hydrogen-bond acceptors (Lipinski definition) is 4. The molecule has 0 unspecified atom stereocenters. The van der Waals surface area contributed by atoms with Gasteiger partial charge in [0.1, 0.15) is 11.4 Å². The molecule has 1 aromatic heterocycles. The molecule has 0 aliphatic heterocycles. The maximum absolute atomic E-state index is 12.8. The van der Waals surface area contributed by atoms with Crippen LogP contribution in [0.4, 0.5) is 13.2 Å². The second-order valence-corrected chi connectivity index (χ2v) is 5.99. The van der Waals surface area contributed by atoms with Crippen LogP contribution in [0.2, 0.25) is 0 Å². The Balaban J connectivity index is 2.16. The first-order valence-corrected chi connectivity index (χ1v) is 7.76. The van der Waals surface area contributed by atoms with Crippen LogP contribution in [0.15, 0.2) is 42.6 Å². The van der Waals surface area contributed by atoms with Gasteiger partial charge in [-0.05, 0) is 38.1 Å². The summed E-state index contributed by atoms with van der Waals surface area (Å²) in [7, 11) is 1.42. The average Bonchev–Trinajstić information content (AvgIpc) is 2.60. The molecule has 1 heterocycles. The number of carbonyl (C=O) groups excluding carboxylic acids is 1. The van der Waals surface area contributed by atoms with Crippen LogP contribution >= 0.6 is 0 Å². The summed E-state index contributed by atoms with van der Waals surface area (Å²) in [6.45, 7) is 3.32. The van der Waals surface area contributed by atoms with Crippen LogP contribution in [-0.4, -0.2) is 23.6 Å². The van der Waals surface area contributed by atoms with E-state index in [0.29, 0.717) is 5.56 Å². The normalized spacial score (nSPS) is 11.9. The van der Waals surface area contributed by atoms with E-state index in [1.807, 2.05) is 0 Å². The number of nitrogens with one attached hydrogen (secondary N) is 1. The molecule has 1 N–H and O–H groups in total. The fourth-order valence-electron chi connectivity index (χ4n) is 1.98. The van der Waals surface area contributed by atoms with Crippen molar-refractivity contribution in [1.82, 2.24) is 10.3 Å². The van der Waals surface area contributed by atoms with Gasteiger partial charge in [-0.1, -0.05) is 12.1 Å². The third kappa shape index (κ3) is 4.95. The lowest BCUT2D eigenvalue weighted by atomic mass is 10.1. The van der Waals surface area contributed by atoms with Crippen molar-refractivity contribution in [2.24, 2.45) is 0 Å². The van der Waals surface area contributed by atoms with Gasteiger partial charge in [-0.25, -0.2) is 4.98 Å². The van der Waals surface area contributed by atoms with E-state index in [-0.39, 0.29) is 24.1 Å². The summed E-state index contributed by atoms with van der Waals surface area (Å²) in [4.78, 5) is 16.1. The van der Waals surface area contributed by atoms with Crippen molar-refractivity contribution in [1.29, 1.82) is 0 Å². The number of alkyl halides is 3. The van der Waals surface area contributed by atoms with Crippen molar-refractivity contribution >= 4 is 5.91 Å². The fraction of sp³-hybridized carbons (Fsp3) is 0.333. The van der Waals surface area contributed by atoms with Gasteiger partial charge in [0.05, 0.1) is 5.56 Å². The Hall–Kier alpha value is -2.61. The van der Waals surface area contributed by atoms with Crippen LogP contribution in [-0.2, 0) is 22.3 Å². The number of aromatic nitrogens is 1. The molecule has 140 valence electrons. The smallest absolute Gasteiger partial charge is 0.416 e. The largest absolute Gasteiger partial charge is 0.439 e. The lowest BCUT2D eigenvalue weighted by molar-refractivity contribution is -0.139. The topological polar surface area (TPSA) is 60.5 Å². The Labute approximate surface area is 149 Å². The van der Waals surface area contributed by atoms with E-state index in [1.54, 1.807) is 26.0 Å². The number of methoxy groups -OCH3 is 1. The second-order valence-electron chi connectivity index (χ2n) is 5.99. The number of benzene rings is 1. The molecule has 8 heteroatoms. The first-order chi connectivity index (χ1) is 12.1. The molecule has 1 aromatic carbocycles. The third-order valence-corrected chi connectivity index (χ3v) is 3.72. The van der Waals surface area contributed by atoms with Crippen molar-refractivity contribution in [3.8, 4) is 11.6 Å². The molecule has 0 saturated carbocycles. The van der Waals surface area contributed by atoms with Crippen molar-refractivity contribution in [3.63, 3.8) is 0 Å². The minimum atomic E-state index is -4.47. The van der Waals surface area contributed by atoms with Gasteiger partial charge < -0.3 is 14.8 Å². The molecule has 0 aliphatic carbocycles. The summed E-state index contributed by atoms with van der Waals surface area (Å²) in [5.41, 5.74) is -1.31. The van der Waals surface area contributed by atoms with Crippen LogP contribution in [0.3, 0.4) is 0 Å². The van der Waals surface area contributed by atoms with Gasteiger partial charge in [0, 0.05) is 25.4 Å². The maximum atomic E-state index is 12.8. The van der Waals surface area contributed by atoms with Crippen LogP contribution in [0.25, 0.3) is 0 Å². The standard InChI is InChI=1S/C18H19F3N2O3/c1-17(2,25-3)16(24)23-11-12-6-5-9-22-15(12)26-14-8-4-7-13(10-14)18(19,20)21/h4-10H,11H2,1-3H3,(H,23,24). The first kappa shape index (κ1) is 19.7. The van der Waals surface area contributed by atoms with E-state index in [0.717, 1.165) is 12.1 Å². The zero-order chi connectivity index (χ0) is 19.4. The summed E-state index contributed by atoms with van der Waals surface area (Å²) in [5.74, 6) is -0.223. The zero-order valence-electron chi connectivity index (χ0n) is 14.6. The molecule has 0 aliphatic rings. The lowest BCUT2D eigenvalue weighted by Crippen LogP contribution is -2.43. The minimum absolute atomic E-state index is 0.00308. The molecule has 1 amide bonds. The predicted octanol–water partition coefficient (Wildman–Crippen LogP) is 3.93. The van der Waals surface area contributed by atoms with E-state index >= 15 is 0 Å². The Morgan fingerprint density at radius 3 is 2.58 bits per heavy atom. The third-order valence-electron chi connectivity index (χ3n) is 3.72. The van der Waals surface area contributed by atoms with Crippen molar-refractivity contribution in [3.05, 3.63) is 53.7 Å². The number of pyridine rings is 1. The summed E-state index contributed by atoms with van der Waals surface area (Å²) < 4.78 is 49.0. The van der Waals surface area contributed by atoms with Gasteiger partial charge in [0.2, 0.25) is 5.88 Å². The van der Waals surface area contributed by atoms with E-state index in [1.165, 1.54) is 25.4 Å². The predicted molar refractivity (Wildman–Crippen MR) is 88.7 cm³/mol. The molecular formula is C18H19F3N2O3. The second kappa shape index (κ2) is 7.74. The Kier molecular flexibility index (Phi) is 5.86. The van der Waals surface area contributed by atoms with Crippen molar-refractivity contribution in [2.75, 3.05) is 7.11 Å². The van der Waals surface area contributed by atoms with Gasteiger partial charge in [0.25, 0.3) is 5.91 Å². The first-order valence-electron chi connectivity index (χ1n) is 7.76. The van der Waals surface area contributed by atoms with Gasteiger partial charge >= 0.3 is 6.18 Å². The molecule has 0 fully saturated rings. The van der Waals surface area contributed by atoms with E-state index in [9.17, 15) is 18.0 Å². The Bertz CT molecular complexity index is 776.